The number of hydrogen-bond donors (Lipinski definition) is 1. The molecule has 0 bridgehead atoms. The third-order valence-corrected chi connectivity index (χ3v) is 3.35. The van der Waals surface area contributed by atoms with E-state index in [1.54, 1.807) is 10.7 Å². The van der Waals surface area contributed by atoms with Gasteiger partial charge in [-0.25, -0.2) is 14.3 Å². The van der Waals surface area contributed by atoms with Crippen LogP contribution < -0.4 is 0 Å². The second-order valence-corrected chi connectivity index (χ2v) is 4.84. The van der Waals surface area contributed by atoms with Gasteiger partial charge in [0.2, 0.25) is 0 Å². The van der Waals surface area contributed by atoms with Gasteiger partial charge in [-0.3, -0.25) is 0 Å². The van der Waals surface area contributed by atoms with Crippen LogP contribution in [0.4, 0.5) is 0 Å². The third-order valence-electron chi connectivity index (χ3n) is 3.35. The number of pyridine rings is 1. The topological polar surface area (TPSA) is 76.7 Å². The van der Waals surface area contributed by atoms with Crippen molar-refractivity contribution in [1.82, 2.24) is 14.6 Å². The zero-order chi connectivity index (χ0) is 13.2. The molecule has 1 saturated heterocycles. The van der Waals surface area contributed by atoms with Crippen molar-refractivity contribution in [2.75, 3.05) is 13.2 Å². The van der Waals surface area contributed by atoms with E-state index in [0.29, 0.717) is 11.6 Å². The number of carboxylic acid groups (broad SMARTS) is 1. The van der Waals surface area contributed by atoms with Gasteiger partial charge >= 0.3 is 5.97 Å². The predicted octanol–water partition coefficient (Wildman–Crippen LogP) is 1.40. The van der Waals surface area contributed by atoms with Gasteiger partial charge in [0.25, 0.3) is 0 Å². The summed E-state index contributed by atoms with van der Waals surface area (Å²) in [6, 6.07) is 3.06. The van der Waals surface area contributed by atoms with Gasteiger partial charge in [-0.2, -0.15) is 5.10 Å². The predicted molar refractivity (Wildman–Crippen MR) is 67.2 cm³/mol. The molecule has 19 heavy (non-hydrogen) atoms. The van der Waals surface area contributed by atoms with Crippen molar-refractivity contribution in [2.24, 2.45) is 5.92 Å². The normalized spacial score (nSPS) is 19.7. The number of rotatable bonds is 3. The largest absolute Gasteiger partial charge is 0.478 e. The van der Waals surface area contributed by atoms with Gasteiger partial charge in [-0.1, -0.05) is 0 Å². The quantitative estimate of drug-likeness (QED) is 0.903. The molecule has 1 aliphatic heterocycles. The maximum Gasteiger partial charge on any atom is 0.335 e. The molecular formula is C13H15N3O3. The molecule has 3 heterocycles. The molecule has 1 unspecified atom stereocenters. The summed E-state index contributed by atoms with van der Waals surface area (Å²) >= 11 is 0. The standard InChI is InChI=1S/C13H15N3O3/c17-13(18)10-3-4-16-12(7-10)14-11(15-16)6-9-2-1-5-19-8-9/h3-4,7,9H,1-2,5-6,8H2,(H,17,18). The Balaban J connectivity index is 1.82. The van der Waals surface area contributed by atoms with E-state index in [1.165, 1.54) is 12.1 Å². The molecule has 0 aliphatic carbocycles. The molecule has 100 valence electrons. The molecule has 6 nitrogen and oxygen atoms in total. The van der Waals surface area contributed by atoms with Crippen LogP contribution in [0.15, 0.2) is 18.3 Å². The second kappa shape index (κ2) is 4.97. The van der Waals surface area contributed by atoms with Crippen molar-refractivity contribution in [2.45, 2.75) is 19.3 Å². The van der Waals surface area contributed by atoms with Crippen LogP contribution in [0.1, 0.15) is 29.0 Å². The zero-order valence-corrected chi connectivity index (χ0v) is 10.5. The molecule has 0 spiro atoms. The summed E-state index contributed by atoms with van der Waals surface area (Å²) in [5.41, 5.74) is 0.805. The molecular weight excluding hydrogens is 246 g/mol. The van der Waals surface area contributed by atoms with Crippen molar-refractivity contribution < 1.29 is 14.6 Å². The molecule has 1 atom stereocenters. The van der Waals surface area contributed by atoms with Crippen LogP contribution in [0, 0.1) is 5.92 Å². The van der Waals surface area contributed by atoms with E-state index >= 15 is 0 Å². The van der Waals surface area contributed by atoms with E-state index < -0.39 is 5.97 Å². The first-order valence-corrected chi connectivity index (χ1v) is 6.39. The molecule has 3 rings (SSSR count). The van der Waals surface area contributed by atoms with Crippen LogP contribution in [0.25, 0.3) is 5.65 Å². The zero-order valence-electron chi connectivity index (χ0n) is 10.5. The van der Waals surface area contributed by atoms with Gasteiger partial charge < -0.3 is 9.84 Å². The van der Waals surface area contributed by atoms with Crippen LogP contribution in [0.2, 0.25) is 0 Å². The van der Waals surface area contributed by atoms with Crippen molar-refractivity contribution in [3.63, 3.8) is 0 Å². The Bertz CT molecular complexity index is 602. The number of carboxylic acids is 1. The van der Waals surface area contributed by atoms with Crippen molar-refractivity contribution in [1.29, 1.82) is 0 Å². The number of fused-ring (bicyclic) bond motifs is 1. The lowest BCUT2D eigenvalue weighted by Gasteiger charge is -2.20. The lowest BCUT2D eigenvalue weighted by molar-refractivity contribution is 0.0543. The van der Waals surface area contributed by atoms with Gasteiger partial charge in [0.05, 0.1) is 5.56 Å². The molecule has 6 heteroatoms. The molecule has 2 aromatic rings. The number of ether oxygens (including phenoxy) is 1. The minimum atomic E-state index is -0.951. The summed E-state index contributed by atoms with van der Waals surface area (Å²) in [6.07, 6.45) is 4.63. The number of aromatic nitrogens is 3. The molecule has 1 fully saturated rings. The SMILES string of the molecule is O=C(O)c1ccn2nc(CC3CCCOC3)nc2c1. The number of hydrogen-bond acceptors (Lipinski definition) is 4. The van der Waals surface area contributed by atoms with Crippen LogP contribution in [0.5, 0.6) is 0 Å². The monoisotopic (exact) mass is 261 g/mol. The first-order valence-electron chi connectivity index (χ1n) is 6.39. The van der Waals surface area contributed by atoms with Crippen LogP contribution in [-0.4, -0.2) is 38.9 Å². The van der Waals surface area contributed by atoms with E-state index in [2.05, 4.69) is 10.1 Å². The van der Waals surface area contributed by atoms with Crippen molar-refractivity contribution >= 4 is 11.6 Å². The Morgan fingerprint density at radius 3 is 3.21 bits per heavy atom. The van der Waals surface area contributed by atoms with E-state index in [0.717, 1.165) is 38.3 Å². The molecule has 0 aromatic carbocycles. The molecule has 2 aromatic heterocycles. The summed E-state index contributed by atoms with van der Waals surface area (Å²) in [5, 5.41) is 13.3. The number of nitrogens with zero attached hydrogens (tertiary/aromatic N) is 3. The second-order valence-electron chi connectivity index (χ2n) is 4.84. The Labute approximate surface area is 110 Å². The van der Waals surface area contributed by atoms with Crippen LogP contribution in [-0.2, 0) is 11.2 Å². The average Bonchev–Trinajstić information content (AvgIpc) is 2.80. The van der Waals surface area contributed by atoms with Crippen molar-refractivity contribution in [3.05, 3.63) is 29.7 Å². The molecule has 0 radical (unpaired) electrons. The van der Waals surface area contributed by atoms with E-state index in [9.17, 15) is 4.79 Å². The van der Waals surface area contributed by atoms with Gasteiger partial charge in [0.1, 0.15) is 0 Å². The molecule has 1 N–H and O–H groups in total. The minimum Gasteiger partial charge on any atom is -0.478 e. The van der Waals surface area contributed by atoms with Crippen LogP contribution in [0.3, 0.4) is 0 Å². The number of aromatic carboxylic acids is 1. The third kappa shape index (κ3) is 2.58. The lowest BCUT2D eigenvalue weighted by atomic mass is 9.98. The highest BCUT2D eigenvalue weighted by Gasteiger charge is 2.17. The summed E-state index contributed by atoms with van der Waals surface area (Å²) in [4.78, 5) is 15.3. The number of carbonyl (C=O) groups is 1. The Morgan fingerprint density at radius 2 is 2.47 bits per heavy atom. The fourth-order valence-corrected chi connectivity index (χ4v) is 2.37. The first kappa shape index (κ1) is 12.1. The summed E-state index contributed by atoms with van der Waals surface area (Å²) in [6.45, 7) is 1.60. The Hall–Kier alpha value is -1.95. The summed E-state index contributed by atoms with van der Waals surface area (Å²) < 4.78 is 7.06. The summed E-state index contributed by atoms with van der Waals surface area (Å²) in [7, 11) is 0. The van der Waals surface area contributed by atoms with Gasteiger partial charge in [-0.05, 0) is 30.9 Å². The fourth-order valence-electron chi connectivity index (χ4n) is 2.37. The molecule has 0 saturated carbocycles. The van der Waals surface area contributed by atoms with E-state index in [4.69, 9.17) is 9.84 Å². The van der Waals surface area contributed by atoms with E-state index in [-0.39, 0.29) is 5.56 Å². The average molecular weight is 261 g/mol. The van der Waals surface area contributed by atoms with Crippen LogP contribution >= 0.6 is 0 Å². The highest BCUT2D eigenvalue weighted by Crippen LogP contribution is 2.17. The summed E-state index contributed by atoms with van der Waals surface area (Å²) in [5.74, 6) is 0.260. The first-order chi connectivity index (χ1) is 9.22. The van der Waals surface area contributed by atoms with Crippen molar-refractivity contribution in [3.8, 4) is 0 Å². The Morgan fingerprint density at radius 1 is 1.58 bits per heavy atom. The minimum absolute atomic E-state index is 0.229. The molecule has 1 aliphatic rings. The maximum absolute atomic E-state index is 10.9. The smallest absolute Gasteiger partial charge is 0.335 e. The van der Waals surface area contributed by atoms with Gasteiger partial charge in [-0.15, -0.1) is 0 Å². The van der Waals surface area contributed by atoms with Gasteiger partial charge in [0.15, 0.2) is 11.5 Å². The van der Waals surface area contributed by atoms with Gasteiger partial charge in [0, 0.05) is 25.8 Å². The highest BCUT2D eigenvalue weighted by molar-refractivity contribution is 5.88. The Kier molecular flexibility index (Phi) is 3.16. The van der Waals surface area contributed by atoms with E-state index in [1.807, 2.05) is 0 Å². The molecule has 0 amide bonds. The fraction of sp³-hybridized carbons (Fsp3) is 0.462. The lowest BCUT2D eigenvalue weighted by Crippen LogP contribution is -2.19. The highest BCUT2D eigenvalue weighted by atomic mass is 16.5. The maximum atomic E-state index is 10.9.